The number of aryl methyl sites for hydroxylation is 2. The topological polar surface area (TPSA) is 181 Å². The van der Waals surface area contributed by atoms with Crippen LogP contribution in [0.5, 0.6) is 34.5 Å². The summed E-state index contributed by atoms with van der Waals surface area (Å²) in [5.41, 5.74) is 5.42. The molecule has 0 atom stereocenters. The van der Waals surface area contributed by atoms with Crippen LogP contribution in [0.15, 0.2) is 136 Å². The van der Waals surface area contributed by atoms with Crippen LogP contribution < -0.4 is 29.2 Å². The number of primary sulfonamides is 2. The standard InChI is InChI=1S/C21H18N2O4S.C20H18BrNO4S.CH2I2.CH3I/c1-14-10-20(21(28(23,24)25)12-17(14)13-22)27-19-5-3-4-16(11-19)15-6-8-18(26-2)9-7-15;1-13-10-19(20(12-18(13)21)27(22,23)24)26-17-5-3-4-15(11-17)14-6-8-16(25-2)9-7-14;2-1-3;1-2/h3-12H,1-2H3,(H2,23,24,25);3-12H,1-2H3,(H2,22,23,24);1H2;1H3. The van der Waals surface area contributed by atoms with Gasteiger partial charge in [0.1, 0.15) is 44.3 Å². The Morgan fingerprint density at radius 3 is 1.33 bits per heavy atom. The molecule has 0 saturated carbocycles. The molecule has 0 spiro atoms. The molecule has 0 radical (unpaired) electrons. The average Bonchev–Trinajstić information content (AvgIpc) is 3.23. The van der Waals surface area contributed by atoms with Gasteiger partial charge in [0.25, 0.3) is 0 Å². The maximum absolute atomic E-state index is 11.9. The molecule has 60 heavy (non-hydrogen) atoms. The Morgan fingerprint density at radius 1 is 0.583 bits per heavy atom. The first-order valence-corrected chi connectivity index (χ1v) is 26.4. The number of hydrogen-bond acceptors (Lipinski definition) is 9. The van der Waals surface area contributed by atoms with Crippen LogP contribution in [0.2, 0.25) is 0 Å². The largest absolute Gasteiger partial charge is 0.497 e. The van der Waals surface area contributed by atoms with Crippen molar-refractivity contribution < 1.29 is 35.8 Å². The number of benzene rings is 6. The third-order valence-electron chi connectivity index (χ3n) is 8.22. The summed E-state index contributed by atoms with van der Waals surface area (Å²) >= 11 is 10.0. The third-order valence-corrected chi connectivity index (χ3v) is 10.9. The number of nitrogens with zero attached hydrogens (tertiary/aromatic N) is 1. The van der Waals surface area contributed by atoms with E-state index in [2.05, 4.69) is 83.7 Å². The minimum atomic E-state index is -4.06. The van der Waals surface area contributed by atoms with Crippen molar-refractivity contribution in [1.29, 1.82) is 5.26 Å². The monoisotopic (exact) mass is 1250 g/mol. The van der Waals surface area contributed by atoms with Gasteiger partial charge < -0.3 is 18.9 Å². The van der Waals surface area contributed by atoms with Crippen molar-refractivity contribution in [3.05, 3.63) is 142 Å². The lowest BCUT2D eigenvalue weighted by Gasteiger charge is -2.13. The molecule has 6 aromatic carbocycles. The zero-order valence-electron chi connectivity index (χ0n) is 33.0. The number of halogens is 4. The van der Waals surface area contributed by atoms with E-state index in [0.29, 0.717) is 21.5 Å². The van der Waals surface area contributed by atoms with Gasteiger partial charge in [0.15, 0.2) is 0 Å². The molecule has 316 valence electrons. The van der Waals surface area contributed by atoms with Crippen LogP contribution in [0.4, 0.5) is 0 Å². The molecular formula is C43H41BrI3N3O8S2. The molecule has 17 heteroatoms. The van der Waals surface area contributed by atoms with E-state index in [1.165, 1.54) is 20.6 Å². The molecule has 0 aromatic heterocycles. The zero-order valence-corrected chi connectivity index (χ0v) is 42.6. The van der Waals surface area contributed by atoms with E-state index < -0.39 is 20.0 Å². The molecule has 11 nitrogen and oxygen atoms in total. The Kier molecular flexibility index (Phi) is 20.5. The highest BCUT2D eigenvalue weighted by atomic mass is 127. The smallest absolute Gasteiger partial charge is 0.241 e. The van der Waals surface area contributed by atoms with Gasteiger partial charge in [-0.1, -0.05) is 132 Å². The Bertz CT molecular complexity index is 2650. The number of nitriles is 1. The molecule has 0 heterocycles. The Morgan fingerprint density at radius 2 is 0.967 bits per heavy atom. The second-order valence-corrected chi connectivity index (χ2v) is 20.5. The van der Waals surface area contributed by atoms with Crippen molar-refractivity contribution in [2.75, 3.05) is 21.6 Å². The molecule has 0 aliphatic heterocycles. The van der Waals surface area contributed by atoms with Crippen LogP contribution in [-0.4, -0.2) is 38.4 Å². The van der Waals surface area contributed by atoms with E-state index in [-0.39, 0.29) is 26.9 Å². The number of sulfonamides is 2. The summed E-state index contributed by atoms with van der Waals surface area (Å²) in [6, 6.07) is 37.6. The van der Waals surface area contributed by atoms with Gasteiger partial charge in [0, 0.05) is 4.47 Å². The van der Waals surface area contributed by atoms with Crippen LogP contribution in [0.25, 0.3) is 22.3 Å². The summed E-state index contributed by atoms with van der Waals surface area (Å²) in [6.45, 7) is 3.55. The summed E-state index contributed by atoms with van der Waals surface area (Å²) in [4.78, 5) is 1.66. The lowest BCUT2D eigenvalue weighted by molar-refractivity contribution is 0.415. The first-order chi connectivity index (χ1) is 28.5. The second kappa shape index (κ2) is 24.2. The molecule has 0 aliphatic rings. The fraction of sp³-hybridized carbons (Fsp3) is 0.140. The molecule has 0 bridgehead atoms. The van der Waals surface area contributed by atoms with Crippen molar-refractivity contribution >= 4 is 104 Å². The maximum Gasteiger partial charge on any atom is 0.241 e. The van der Waals surface area contributed by atoms with Gasteiger partial charge >= 0.3 is 0 Å². The van der Waals surface area contributed by atoms with E-state index in [1.54, 1.807) is 45.4 Å². The SMILES string of the molecule is CI.COc1ccc(-c2cccc(Oc3cc(C)c(Br)cc3S(N)(=O)=O)c2)cc1.COc1ccc(-c2cccc(Oc3cc(C)c(C#N)cc3S(N)(=O)=O)c2)cc1.ICI. The van der Waals surface area contributed by atoms with Gasteiger partial charge in [-0.2, -0.15) is 5.26 Å². The van der Waals surface area contributed by atoms with Crippen molar-refractivity contribution in [3.8, 4) is 62.8 Å². The maximum atomic E-state index is 11.9. The fourth-order valence-corrected chi connectivity index (χ4v) is 7.14. The average molecular weight is 1250 g/mol. The Balaban J connectivity index is 0.000000290. The first-order valence-electron chi connectivity index (χ1n) is 17.3. The van der Waals surface area contributed by atoms with Crippen LogP contribution >= 0.6 is 83.7 Å². The Hall–Kier alpha value is -3.50. The lowest BCUT2D eigenvalue weighted by atomic mass is 10.1. The van der Waals surface area contributed by atoms with Crippen LogP contribution in [-0.2, 0) is 20.0 Å². The predicted molar refractivity (Wildman–Crippen MR) is 267 cm³/mol. The molecule has 4 N–H and O–H groups in total. The fourth-order valence-electron chi connectivity index (χ4n) is 5.32. The predicted octanol–water partition coefficient (Wildman–Crippen LogP) is 11.7. The van der Waals surface area contributed by atoms with Gasteiger partial charge in [-0.15, -0.1) is 0 Å². The molecular weight excluding hydrogens is 1210 g/mol. The quantitative estimate of drug-likeness (QED) is 0.0996. The molecule has 0 aliphatic carbocycles. The number of alkyl halides is 3. The first kappa shape index (κ1) is 50.9. The van der Waals surface area contributed by atoms with E-state index >= 15 is 0 Å². The number of ether oxygens (including phenoxy) is 4. The van der Waals surface area contributed by atoms with E-state index in [0.717, 1.165) is 39.3 Å². The van der Waals surface area contributed by atoms with Crippen molar-refractivity contribution in [1.82, 2.24) is 0 Å². The van der Waals surface area contributed by atoms with Crippen LogP contribution in [0.1, 0.15) is 16.7 Å². The molecule has 0 amide bonds. The van der Waals surface area contributed by atoms with Gasteiger partial charge in [0.05, 0.1) is 28.3 Å². The van der Waals surface area contributed by atoms with E-state index in [9.17, 15) is 16.8 Å². The zero-order chi connectivity index (χ0) is 44.6. The van der Waals surface area contributed by atoms with Crippen molar-refractivity contribution in [2.24, 2.45) is 10.3 Å². The van der Waals surface area contributed by atoms with Crippen molar-refractivity contribution in [3.63, 3.8) is 0 Å². The highest BCUT2D eigenvalue weighted by Crippen LogP contribution is 2.36. The molecule has 0 saturated heterocycles. The molecule has 6 rings (SSSR count). The Labute approximate surface area is 401 Å². The number of methoxy groups -OCH3 is 2. The lowest BCUT2D eigenvalue weighted by Crippen LogP contribution is -2.14. The van der Waals surface area contributed by atoms with Gasteiger partial charge in [-0.3, -0.25) is 0 Å². The summed E-state index contributed by atoms with van der Waals surface area (Å²) < 4.78 is 71.6. The summed E-state index contributed by atoms with van der Waals surface area (Å²) in [5.74, 6) is 2.74. The van der Waals surface area contributed by atoms with Crippen LogP contribution in [0.3, 0.4) is 0 Å². The minimum Gasteiger partial charge on any atom is -0.497 e. The van der Waals surface area contributed by atoms with Gasteiger partial charge in [-0.05, 0) is 125 Å². The van der Waals surface area contributed by atoms with Gasteiger partial charge in [0.2, 0.25) is 20.0 Å². The van der Waals surface area contributed by atoms with Crippen LogP contribution in [0, 0.1) is 25.2 Å². The van der Waals surface area contributed by atoms with E-state index in [1.807, 2.05) is 96.8 Å². The van der Waals surface area contributed by atoms with Crippen molar-refractivity contribution in [2.45, 2.75) is 23.6 Å². The summed E-state index contributed by atoms with van der Waals surface area (Å²) in [5, 5.41) is 19.8. The highest BCUT2D eigenvalue weighted by Gasteiger charge is 2.20. The molecule has 0 unspecified atom stereocenters. The number of rotatable bonds is 10. The minimum absolute atomic E-state index is 0.0742. The number of hydrogen-bond donors (Lipinski definition) is 2. The normalized spacial score (nSPS) is 10.6. The number of nitrogens with two attached hydrogens (primary N) is 2. The highest BCUT2D eigenvalue weighted by molar-refractivity contribution is 14.2. The van der Waals surface area contributed by atoms with Gasteiger partial charge in [-0.25, -0.2) is 27.1 Å². The summed E-state index contributed by atoms with van der Waals surface area (Å²) in [6.07, 6.45) is 0. The molecule has 6 aromatic rings. The second-order valence-electron chi connectivity index (χ2n) is 12.2. The van der Waals surface area contributed by atoms with E-state index in [4.69, 9.17) is 34.5 Å². The summed E-state index contributed by atoms with van der Waals surface area (Å²) in [7, 11) is -4.77. The third kappa shape index (κ3) is 14.8. The molecule has 0 fully saturated rings.